The number of hydrogen-bond donors (Lipinski definition) is 0. The predicted octanol–water partition coefficient (Wildman–Crippen LogP) is 2.06. The van der Waals surface area contributed by atoms with E-state index in [1.807, 2.05) is 0 Å². The molecule has 1 fully saturated rings. The van der Waals surface area contributed by atoms with Gasteiger partial charge in [-0.15, -0.1) is 5.10 Å². The highest BCUT2D eigenvalue weighted by atomic mass is 16.1. The van der Waals surface area contributed by atoms with Crippen LogP contribution in [-0.2, 0) is 6.54 Å². The van der Waals surface area contributed by atoms with E-state index < -0.39 is 0 Å². The molecule has 1 aliphatic rings. The van der Waals surface area contributed by atoms with Gasteiger partial charge in [0.25, 0.3) is 0 Å². The number of rotatable bonds is 3. The molecule has 4 nitrogen and oxygen atoms in total. The summed E-state index contributed by atoms with van der Waals surface area (Å²) in [6, 6.07) is 0. The zero-order valence-electron chi connectivity index (χ0n) is 9.15. The third-order valence-electron chi connectivity index (χ3n) is 3.13. The highest BCUT2D eigenvalue weighted by molar-refractivity contribution is 5.91. The van der Waals surface area contributed by atoms with Gasteiger partial charge >= 0.3 is 0 Å². The molecule has 0 bridgehead atoms. The normalized spacial score (nSPS) is 17.9. The van der Waals surface area contributed by atoms with Crippen molar-refractivity contribution in [3.8, 4) is 0 Å². The van der Waals surface area contributed by atoms with E-state index in [2.05, 4.69) is 10.3 Å². The van der Waals surface area contributed by atoms with Gasteiger partial charge < -0.3 is 0 Å². The smallest absolute Gasteiger partial charge is 0.179 e. The van der Waals surface area contributed by atoms with Crippen LogP contribution < -0.4 is 0 Å². The summed E-state index contributed by atoms with van der Waals surface area (Å²) in [7, 11) is 0. The molecule has 0 saturated heterocycles. The molecule has 1 aliphatic carbocycles. The Morgan fingerprint density at radius 3 is 2.87 bits per heavy atom. The van der Waals surface area contributed by atoms with Crippen LogP contribution in [0.2, 0.25) is 0 Å². The van der Waals surface area contributed by atoms with Crippen molar-refractivity contribution in [3.63, 3.8) is 0 Å². The first kappa shape index (κ1) is 10.3. The lowest BCUT2D eigenvalue weighted by molar-refractivity contribution is 0.100. The second-order valence-corrected chi connectivity index (χ2v) is 4.36. The van der Waals surface area contributed by atoms with Crippen LogP contribution in [0.4, 0.5) is 0 Å². The van der Waals surface area contributed by atoms with Crippen molar-refractivity contribution in [1.82, 2.24) is 15.0 Å². The Kier molecular flexibility index (Phi) is 3.14. The van der Waals surface area contributed by atoms with Gasteiger partial charge in [0.05, 0.1) is 6.20 Å². The highest BCUT2D eigenvalue weighted by Crippen LogP contribution is 2.25. The monoisotopic (exact) mass is 207 g/mol. The van der Waals surface area contributed by atoms with Crippen molar-refractivity contribution in [1.29, 1.82) is 0 Å². The van der Waals surface area contributed by atoms with Crippen LogP contribution in [0, 0.1) is 5.92 Å². The van der Waals surface area contributed by atoms with Crippen molar-refractivity contribution >= 4 is 5.78 Å². The van der Waals surface area contributed by atoms with Crippen LogP contribution in [0.25, 0.3) is 0 Å². The molecule has 1 aromatic rings. The minimum Gasteiger partial charge on any atom is -0.293 e. The lowest BCUT2D eigenvalue weighted by atomic mass is 9.89. The largest absolute Gasteiger partial charge is 0.293 e. The number of hydrogen-bond acceptors (Lipinski definition) is 3. The van der Waals surface area contributed by atoms with Crippen LogP contribution in [0.5, 0.6) is 0 Å². The maximum absolute atomic E-state index is 11.3. The lowest BCUT2D eigenvalue weighted by Crippen LogP contribution is -2.18. The Labute approximate surface area is 89.7 Å². The topological polar surface area (TPSA) is 47.8 Å². The Morgan fingerprint density at radius 1 is 1.47 bits per heavy atom. The van der Waals surface area contributed by atoms with E-state index in [0.29, 0.717) is 11.6 Å². The van der Waals surface area contributed by atoms with Crippen LogP contribution in [0.15, 0.2) is 6.20 Å². The summed E-state index contributed by atoms with van der Waals surface area (Å²) >= 11 is 0. The van der Waals surface area contributed by atoms with E-state index in [4.69, 9.17) is 0 Å². The zero-order valence-corrected chi connectivity index (χ0v) is 9.15. The van der Waals surface area contributed by atoms with Crippen molar-refractivity contribution in [2.24, 2.45) is 5.92 Å². The van der Waals surface area contributed by atoms with Crippen molar-refractivity contribution in [2.45, 2.75) is 45.6 Å². The van der Waals surface area contributed by atoms with Gasteiger partial charge in [0.15, 0.2) is 5.78 Å². The molecule has 15 heavy (non-hydrogen) atoms. The number of nitrogens with zero attached hydrogens (tertiary/aromatic N) is 3. The van der Waals surface area contributed by atoms with Gasteiger partial charge in [-0.05, 0) is 18.8 Å². The SMILES string of the molecule is CC(=O)c1cnnn1CC1CCCCC1. The van der Waals surface area contributed by atoms with E-state index in [1.54, 1.807) is 17.8 Å². The van der Waals surface area contributed by atoms with Crippen LogP contribution >= 0.6 is 0 Å². The fourth-order valence-corrected chi connectivity index (χ4v) is 2.28. The molecule has 0 N–H and O–H groups in total. The van der Waals surface area contributed by atoms with E-state index in [1.165, 1.54) is 32.1 Å². The number of carbonyl (C=O) groups excluding carboxylic acids is 1. The van der Waals surface area contributed by atoms with Crippen molar-refractivity contribution < 1.29 is 4.79 Å². The third-order valence-corrected chi connectivity index (χ3v) is 3.13. The first-order valence-electron chi connectivity index (χ1n) is 5.67. The molecule has 0 spiro atoms. The second kappa shape index (κ2) is 4.55. The van der Waals surface area contributed by atoms with Crippen molar-refractivity contribution in [2.75, 3.05) is 0 Å². The summed E-state index contributed by atoms with van der Waals surface area (Å²) in [6.45, 7) is 2.42. The number of aromatic nitrogens is 3. The summed E-state index contributed by atoms with van der Waals surface area (Å²) in [5, 5.41) is 7.78. The van der Waals surface area contributed by atoms with Gasteiger partial charge in [-0.3, -0.25) is 4.79 Å². The molecule has 0 atom stereocenters. The Morgan fingerprint density at radius 2 is 2.20 bits per heavy atom. The van der Waals surface area contributed by atoms with Gasteiger partial charge in [0.1, 0.15) is 5.69 Å². The molecular formula is C11H17N3O. The van der Waals surface area contributed by atoms with Gasteiger partial charge in [-0.1, -0.05) is 24.5 Å². The maximum atomic E-state index is 11.3. The highest BCUT2D eigenvalue weighted by Gasteiger charge is 2.17. The average molecular weight is 207 g/mol. The third kappa shape index (κ3) is 2.43. The summed E-state index contributed by atoms with van der Waals surface area (Å²) < 4.78 is 1.76. The summed E-state index contributed by atoms with van der Waals surface area (Å²) in [5.41, 5.74) is 0.639. The molecule has 1 heterocycles. The molecule has 0 radical (unpaired) electrons. The fraction of sp³-hybridized carbons (Fsp3) is 0.727. The number of ketones is 1. The molecule has 0 aromatic carbocycles. The number of carbonyl (C=O) groups is 1. The standard InChI is InChI=1S/C11H17N3O/c1-9(15)11-7-12-13-14(11)8-10-5-3-2-4-6-10/h7,10H,2-6,8H2,1H3. The van der Waals surface area contributed by atoms with E-state index in [-0.39, 0.29) is 5.78 Å². The van der Waals surface area contributed by atoms with Crippen LogP contribution in [0.1, 0.15) is 49.5 Å². The van der Waals surface area contributed by atoms with E-state index in [9.17, 15) is 4.79 Å². The lowest BCUT2D eigenvalue weighted by Gasteiger charge is -2.21. The molecular weight excluding hydrogens is 190 g/mol. The summed E-state index contributed by atoms with van der Waals surface area (Å²) in [5.74, 6) is 0.731. The van der Waals surface area contributed by atoms with Gasteiger partial charge in [-0.25, -0.2) is 4.68 Å². The zero-order chi connectivity index (χ0) is 10.7. The first-order chi connectivity index (χ1) is 7.27. The minimum atomic E-state index is 0.0517. The predicted molar refractivity (Wildman–Crippen MR) is 56.6 cm³/mol. The minimum absolute atomic E-state index is 0.0517. The van der Waals surface area contributed by atoms with E-state index in [0.717, 1.165) is 6.54 Å². The van der Waals surface area contributed by atoms with E-state index >= 15 is 0 Å². The molecule has 0 unspecified atom stereocenters. The summed E-state index contributed by atoms with van der Waals surface area (Å²) in [4.78, 5) is 11.3. The molecule has 0 amide bonds. The Bertz CT molecular complexity index is 339. The molecule has 1 aromatic heterocycles. The first-order valence-corrected chi connectivity index (χ1v) is 5.67. The second-order valence-electron chi connectivity index (χ2n) is 4.36. The van der Waals surface area contributed by atoms with Crippen LogP contribution in [-0.4, -0.2) is 20.8 Å². The Balaban J connectivity index is 2.03. The molecule has 4 heteroatoms. The van der Waals surface area contributed by atoms with Crippen molar-refractivity contribution in [3.05, 3.63) is 11.9 Å². The van der Waals surface area contributed by atoms with Crippen LogP contribution in [0.3, 0.4) is 0 Å². The summed E-state index contributed by atoms with van der Waals surface area (Å²) in [6.07, 6.45) is 8.07. The average Bonchev–Trinajstić information content (AvgIpc) is 2.67. The number of Topliss-reactive ketones (excluding diaryl/α,β-unsaturated/α-hetero) is 1. The quantitative estimate of drug-likeness (QED) is 0.713. The van der Waals surface area contributed by atoms with Gasteiger partial charge in [0, 0.05) is 13.5 Å². The van der Waals surface area contributed by atoms with Gasteiger partial charge in [0.2, 0.25) is 0 Å². The molecule has 2 rings (SSSR count). The maximum Gasteiger partial charge on any atom is 0.179 e. The van der Waals surface area contributed by atoms with Gasteiger partial charge in [-0.2, -0.15) is 0 Å². The molecule has 1 saturated carbocycles. The fourth-order valence-electron chi connectivity index (χ4n) is 2.28. The Hall–Kier alpha value is -1.19. The molecule has 0 aliphatic heterocycles. The molecule has 82 valence electrons.